The van der Waals surface area contributed by atoms with Crippen LogP contribution in [0.4, 0.5) is 0 Å². The van der Waals surface area contributed by atoms with E-state index >= 15 is 0 Å². The minimum absolute atomic E-state index is 0.273. The number of Topliss-reactive ketones (excluding diaryl/α,β-unsaturated/α-hetero) is 2. The lowest BCUT2D eigenvalue weighted by atomic mass is 9.94. The quantitative estimate of drug-likeness (QED) is 0.301. The number of rotatable bonds is 17. The third-order valence-corrected chi connectivity index (χ3v) is 6.97. The molecule has 0 saturated carbocycles. The van der Waals surface area contributed by atoms with Crippen molar-refractivity contribution in [3.63, 3.8) is 0 Å². The third-order valence-electron chi connectivity index (χ3n) is 6.97. The number of carbonyl (C=O) groups is 2. The molecule has 32 heavy (non-hydrogen) atoms. The van der Waals surface area contributed by atoms with Crippen LogP contribution in [-0.4, -0.2) is 79.6 Å². The van der Waals surface area contributed by atoms with Gasteiger partial charge in [0, 0.05) is 71.7 Å². The number of unbranched alkanes of at least 4 members (excludes halogenated alkanes) is 3. The first-order valence-electron chi connectivity index (χ1n) is 13.3. The Morgan fingerprint density at radius 1 is 0.719 bits per heavy atom. The maximum atomic E-state index is 11.9. The molecule has 2 heterocycles. The van der Waals surface area contributed by atoms with E-state index in [1.807, 2.05) is 0 Å². The van der Waals surface area contributed by atoms with Gasteiger partial charge in [0.1, 0.15) is 17.3 Å². The third kappa shape index (κ3) is 9.98. The molecule has 2 rings (SSSR count). The van der Waals surface area contributed by atoms with Gasteiger partial charge in [0.25, 0.3) is 0 Å². The minimum atomic E-state index is -0.273. The van der Waals surface area contributed by atoms with Crippen molar-refractivity contribution in [2.24, 2.45) is 0 Å². The highest BCUT2D eigenvalue weighted by atomic mass is 16.5. The molecule has 0 aromatic carbocycles. The lowest BCUT2D eigenvalue weighted by molar-refractivity contribution is -0.176. The Kier molecular flexibility index (Phi) is 13.6. The van der Waals surface area contributed by atoms with Crippen molar-refractivity contribution in [1.82, 2.24) is 9.80 Å². The Bertz CT molecular complexity index is 522. The molecule has 1 unspecified atom stereocenters. The van der Waals surface area contributed by atoms with Crippen LogP contribution in [0.1, 0.15) is 97.3 Å². The average Bonchev–Trinajstić information content (AvgIpc) is 2.80. The monoisotopic (exact) mass is 452 g/mol. The molecular weight excluding hydrogens is 404 g/mol. The Hall–Kier alpha value is -0.820. The number of likely N-dealkylation sites (tertiary alicyclic amines) is 2. The second-order valence-electron chi connectivity index (χ2n) is 9.58. The van der Waals surface area contributed by atoms with Gasteiger partial charge >= 0.3 is 0 Å². The van der Waals surface area contributed by atoms with Crippen LogP contribution >= 0.6 is 0 Å². The van der Waals surface area contributed by atoms with E-state index in [1.54, 1.807) is 0 Å². The number of carbonyl (C=O) groups excluding carboxylic acids is 2. The summed E-state index contributed by atoms with van der Waals surface area (Å²) in [6.07, 6.45) is 12.4. The molecule has 2 fully saturated rings. The molecule has 2 aliphatic rings. The molecule has 0 aliphatic carbocycles. The Balaban J connectivity index is 1.95. The second kappa shape index (κ2) is 15.9. The molecule has 0 aromatic rings. The molecule has 186 valence electrons. The van der Waals surface area contributed by atoms with Crippen LogP contribution in [0, 0.1) is 0 Å². The van der Waals surface area contributed by atoms with E-state index in [4.69, 9.17) is 9.47 Å². The summed E-state index contributed by atoms with van der Waals surface area (Å²) >= 11 is 0. The first-order valence-corrected chi connectivity index (χ1v) is 13.3. The van der Waals surface area contributed by atoms with Gasteiger partial charge in [-0.3, -0.25) is 14.5 Å². The van der Waals surface area contributed by atoms with Crippen LogP contribution in [-0.2, 0) is 19.1 Å². The lowest BCUT2D eigenvalue weighted by Crippen LogP contribution is -2.54. The van der Waals surface area contributed by atoms with Crippen molar-refractivity contribution in [3.05, 3.63) is 0 Å². The second-order valence-corrected chi connectivity index (χ2v) is 9.58. The summed E-state index contributed by atoms with van der Waals surface area (Å²) in [6, 6.07) is 0. The highest BCUT2D eigenvalue weighted by molar-refractivity contribution is 5.79. The molecule has 6 heteroatoms. The number of ketones is 2. The zero-order chi connectivity index (χ0) is 23.1. The van der Waals surface area contributed by atoms with Crippen LogP contribution in [0.25, 0.3) is 0 Å². The summed E-state index contributed by atoms with van der Waals surface area (Å²) in [7, 11) is 0. The molecular formula is C26H48N2O4. The van der Waals surface area contributed by atoms with Crippen LogP contribution < -0.4 is 0 Å². The van der Waals surface area contributed by atoms with E-state index in [0.29, 0.717) is 37.2 Å². The first-order chi connectivity index (χ1) is 15.6. The van der Waals surface area contributed by atoms with E-state index < -0.39 is 0 Å². The number of hydrogen-bond donors (Lipinski definition) is 0. The van der Waals surface area contributed by atoms with Gasteiger partial charge in [-0.05, 0) is 51.5 Å². The molecule has 1 atom stereocenters. The fraction of sp³-hybridized carbons (Fsp3) is 0.923. The van der Waals surface area contributed by atoms with Crippen LogP contribution in [0.2, 0.25) is 0 Å². The molecule has 0 spiro atoms. The summed E-state index contributed by atoms with van der Waals surface area (Å²) in [4.78, 5) is 28.4. The van der Waals surface area contributed by atoms with E-state index in [0.717, 1.165) is 104 Å². The number of ether oxygens (including phenoxy) is 2. The smallest absolute Gasteiger partial charge is 0.135 e. The first kappa shape index (κ1) is 27.4. The zero-order valence-electron chi connectivity index (χ0n) is 20.9. The highest BCUT2D eigenvalue weighted by Gasteiger charge is 2.38. The number of hydrogen-bond acceptors (Lipinski definition) is 6. The van der Waals surface area contributed by atoms with E-state index in [2.05, 4.69) is 23.6 Å². The van der Waals surface area contributed by atoms with Gasteiger partial charge < -0.3 is 14.4 Å². The maximum absolute atomic E-state index is 11.9. The Morgan fingerprint density at radius 2 is 1.28 bits per heavy atom. The van der Waals surface area contributed by atoms with Gasteiger partial charge in [0.2, 0.25) is 0 Å². The van der Waals surface area contributed by atoms with Crippen molar-refractivity contribution in [1.29, 1.82) is 0 Å². The summed E-state index contributed by atoms with van der Waals surface area (Å²) in [5, 5.41) is 0. The Labute approximate surface area is 196 Å². The molecule has 0 radical (unpaired) electrons. The summed E-state index contributed by atoms with van der Waals surface area (Å²) < 4.78 is 12.5. The van der Waals surface area contributed by atoms with Crippen molar-refractivity contribution in [3.8, 4) is 0 Å². The summed E-state index contributed by atoms with van der Waals surface area (Å²) in [6.45, 7) is 11.3. The predicted molar refractivity (Wildman–Crippen MR) is 129 cm³/mol. The SMILES string of the molecule is CCCCOCCCCC(CCCN1CCC(=O)CC1)(OCCCC)N1CCC(=O)CC1. The number of piperidine rings is 2. The molecule has 0 N–H and O–H groups in total. The number of nitrogens with zero attached hydrogens (tertiary/aromatic N) is 2. The predicted octanol–water partition coefficient (Wildman–Crippen LogP) is 4.60. The fourth-order valence-electron chi connectivity index (χ4n) is 4.81. The van der Waals surface area contributed by atoms with Gasteiger partial charge in [-0.15, -0.1) is 0 Å². The van der Waals surface area contributed by atoms with Crippen LogP contribution in [0.5, 0.6) is 0 Å². The van der Waals surface area contributed by atoms with E-state index in [9.17, 15) is 9.59 Å². The van der Waals surface area contributed by atoms with Crippen molar-refractivity contribution >= 4 is 11.6 Å². The Morgan fingerprint density at radius 3 is 1.94 bits per heavy atom. The zero-order valence-corrected chi connectivity index (χ0v) is 20.9. The van der Waals surface area contributed by atoms with Gasteiger partial charge in [-0.1, -0.05) is 26.7 Å². The van der Waals surface area contributed by atoms with Crippen molar-refractivity contribution < 1.29 is 19.1 Å². The molecule has 0 amide bonds. The summed E-state index contributed by atoms with van der Waals surface area (Å²) in [5.41, 5.74) is -0.273. The highest BCUT2D eigenvalue weighted by Crippen LogP contribution is 2.32. The van der Waals surface area contributed by atoms with Gasteiger partial charge in [0.05, 0.1) is 0 Å². The normalized spacial score (nSPS) is 20.6. The standard InChI is InChI=1S/C26H48N2O4/c1-3-5-21-31-22-8-7-14-26(32-23-6-4-2,28-19-12-25(30)13-20-28)15-9-16-27-17-10-24(29)11-18-27/h3-23H2,1-2H3. The van der Waals surface area contributed by atoms with Crippen molar-refractivity contribution in [2.75, 3.05) is 52.5 Å². The fourth-order valence-corrected chi connectivity index (χ4v) is 4.81. The lowest BCUT2D eigenvalue weighted by Gasteiger charge is -2.46. The average molecular weight is 453 g/mol. The largest absolute Gasteiger partial charge is 0.381 e. The molecule has 2 aliphatic heterocycles. The van der Waals surface area contributed by atoms with Gasteiger partial charge in [-0.25, -0.2) is 0 Å². The van der Waals surface area contributed by atoms with Crippen molar-refractivity contribution in [2.45, 2.75) is 103 Å². The molecule has 0 bridgehead atoms. The molecule has 2 saturated heterocycles. The topological polar surface area (TPSA) is 59.1 Å². The maximum Gasteiger partial charge on any atom is 0.135 e. The van der Waals surface area contributed by atoms with Crippen LogP contribution in [0.3, 0.4) is 0 Å². The molecule has 6 nitrogen and oxygen atoms in total. The van der Waals surface area contributed by atoms with E-state index in [1.165, 1.54) is 6.42 Å². The van der Waals surface area contributed by atoms with E-state index in [-0.39, 0.29) is 5.72 Å². The van der Waals surface area contributed by atoms with Crippen LogP contribution in [0.15, 0.2) is 0 Å². The molecule has 0 aromatic heterocycles. The van der Waals surface area contributed by atoms with Gasteiger partial charge in [-0.2, -0.15) is 0 Å². The minimum Gasteiger partial charge on any atom is -0.381 e. The van der Waals surface area contributed by atoms with Gasteiger partial charge in [0.15, 0.2) is 0 Å². The summed E-state index contributed by atoms with van der Waals surface area (Å²) in [5.74, 6) is 0.781.